The Kier molecular flexibility index (Phi) is 5.98. The quantitative estimate of drug-likeness (QED) is 0.242. The molecule has 7 nitrogen and oxygen atoms in total. The number of benzene rings is 2. The van der Waals surface area contributed by atoms with Gasteiger partial charge in [-0.05, 0) is 42.5 Å². The van der Waals surface area contributed by atoms with Crippen molar-refractivity contribution >= 4 is 46.6 Å². The summed E-state index contributed by atoms with van der Waals surface area (Å²) in [7, 11) is 0. The molecule has 0 atom stereocenters. The van der Waals surface area contributed by atoms with E-state index in [1.54, 1.807) is 30.3 Å². The van der Waals surface area contributed by atoms with Crippen LogP contribution in [-0.2, 0) is 4.79 Å². The van der Waals surface area contributed by atoms with Crippen molar-refractivity contribution < 1.29 is 14.1 Å². The molecule has 0 bridgehead atoms. The number of carbonyl (C=O) groups is 1. The molecule has 0 saturated carbocycles. The molecule has 0 spiro atoms. The Hall–Kier alpha value is -3.60. The van der Waals surface area contributed by atoms with E-state index in [1.807, 2.05) is 0 Å². The van der Waals surface area contributed by atoms with Crippen molar-refractivity contribution in [3.8, 4) is 17.4 Å². The first-order valence-corrected chi connectivity index (χ1v) is 8.86. The third-order valence-electron chi connectivity index (χ3n) is 3.78. The Morgan fingerprint density at radius 1 is 1.14 bits per heavy atom. The largest absolute Gasteiger partial charge is 0.456 e. The Labute approximate surface area is 174 Å². The number of carbonyl (C=O) groups excluding carboxylic acids is 1. The van der Waals surface area contributed by atoms with Crippen molar-refractivity contribution in [1.82, 2.24) is 0 Å². The molecule has 0 fully saturated rings. The zero-order chi connectivity index (χ0) is 21.0. The standard InChI is InChI=1S/C20H11Cl2N3O4/c21-13-2-1-3-15(9-13)24-20(26)12(11-23)8-16-5-7-19(29-16)17-6-4-14(22)10-18(17)25(27)28/h1-10H,(H,24,26)/b12-8+. The fourth-order valence-electron chi connectivity index (χ4n) is 2.49. The van der Waals surface area contributed by atoms with Crippen molar-refractivity contribution in [3.05, 3.63) is 86.1 Å². The van der Waals surface area contributed by atoms with Gasteiger partial charge in [0, 0.05) is 27.9 Å². The van der Waals surface area contributed by atoms with Gasteiger partial charge in [-0.3, -0.25) is 14.9 Å². The highest BCUT2D eigenvalue weighted by molar-refractivity contribution is 6.31. The molecule has 0 aliphatic carbocycles. The van der Waals surface area contributed by atoms with Crippen molar-refractivity contribution in [2.75, 3.05) is 5.32 Å². The van der Waals surface area contributed by atoms with Gasteiger partial charge in [-0.2, -0.15) is 5.26 Å². The van der Waals surface area contributed by atoms with E-state index < -0.39 is 10.8 Å². The normalized spacial score (nSPS) is 11.0. The summed E-state index contributed by atoms with van der Waals surface area (Å²) in [5, 5.41) is 23.8. The highest BCUT2D eigenvalue weighted by atomic mass is 35.5. The molecular weight excluding hydrogens is 417 g/mol. The van der Waals surface area contributed by atoms with Crippen molar-refractivity contribution in [2.24, 2.45) is 0 Å². The zero-order valence-electron chi connectivity index (χ0n) is 14.6. The first kappa shape index (κ1) is 20.1. The van der Waals surface area contributed by atoms with Gasteiger partial charge >= 0.3 is 0 Å². The van der Waals surface area contributed by atoms with Crippen LogP contribution in [0.3, 0.4) is 0 Å². The van der Waals surface area contributed by atoms with Crippen molar-refractivity contribution in [2.45, 2.75) is 0 Å². The number of nitrogens with one attached hydrogen (secondary N) is 1. The molecule has 0 aliphatic heterocycles. The summed E-state index contributed by atoms with van der Waals surface area (Å²) < 4.78 is 5.58. The highest BCUT2D eigenvalue weighted by Crippen LogP contribution is 2.33. The van der Waals surface area contributed by atoms with E-state index in [-0.39, 0.29) is 33.4 Å². The molecule has 1 aromatic heterocycles. The van der Waals surface area contributed by atoms with Gasteiger partial charge in [0.25, 0.3) is 11.6 Å². The molecule has 3 rings (SSSR count). The molecule has 144 valence electrons. The predicted octanol–water partition coefficient (Wildman–Crippen LogP) is 5.71. The SMILES string of the molecule is N#C/C(=C\c1ccc(-c2ccc(Cl)cc2[N+](=O)[O-])o1)C(=O)Nc1cccc(Cl)c1. The lowest BCUT2D eigenvalue weighted by Gasteiger charge is -2.04. The number of anilines is 1. The maximum atomic E-state index is 12.3. The van der Waals surface area contributed by atoms with Crippen LogP contribution in [0.2, 0.25) is 10.0 Å². The van der Waals surface area contributed by atoms with Gasteiger partial charge in [0.1, 0.15) is 23.2 Å². The molecule has 0 radical (unpaired) electrons. The number of nitrogens with zero attached hydrogens (tertiary/aromatic N) is 2. The number of hydrogen-bond acceptors (Lipinski definition) is 5. The molecule has 2 aromatic carbocycles. The van der Waals surface area contributed by atoms with Crippen molar-refractivity contribution in [1.29, 1.82) is 5.26 Å². The maximum absolute atomic E-state index is 12.3. The van der Waals surface area contributed by atoms with Gasteiger partial charge < -0.3 is 9.73 Å². The molecule has 9 heteroatoms. The van der Waals surface area contributed by atoms with Crippen LogP contribution in [0.4, 0.5) is 11.4 Å². The van der Waals surface area contributed by atoms with Gasteiger partial charge in [-0.15, -0.1) is 0 Å². The summed E-state index contributed by atoms with van der Waals surface area (Å²) in [5.74, 6) is -0.264. The van der Waals surface area contributed by atoms with E-state index >= 15 is 0 Å². The topological polar surface area (TPSA) is 109 Å². The van der Waals surface area contributed by atoms with Crippen LogP contribution in [0.1, 0.15) is 5.76 Å². The lowest BCUT2D eigenvalue weighted by molar-refractivity contribution is -0.384. The van der Waals surface area contributed by atoms with Crippen molar-refractivity contribution in [3.63, 3.8) is 0 Å². The second-order valence-corrected chi connectivity index (χ2v) is 6.63. The smallest absolute Gasteiger partial charge is 0.281 e. The molecule has 3 aromatic rings. The first-order valence-electron chi connectivity index (χ1n) is 8.10. The summed E-state index contributed by atoms with van der Waals surface area (Å²) in [5.41, 5.74) is 0.222. The molecule has 0 saturated heterocycles. The zero-order valence-corrected chi connectivity index (χ0v) is 16.1. The summed E-state index contributed by atoms with van der Waals surface area (Å²) in [6.45, 7) is 0. The monoisotopic (exact) mass is 427 g/mol. The minimum absolute atomic E-state index is 0.182. The van der Waals surface area contributed by atoms with Gasteiger partial charge in [-0.1, -0.05) is 29.3 Å². The minimum Gasteiger partial charge on any atom is -0.456 e. The van der Waals surface area contributed by atoms with Gasteiger partial charge in [0.05, 0.1) is 10.5 Å². The Morgan fingerprint density at radius 2 is 1.90 bits per heavy atom. The number of amides is 1. The van der Waals surface area contributed by atoms with E-state index in [2.05, 4.69) is 5.32 Å². The van der Waals surface area contributed by atoms with Crippen LogP contribution < -0.4 is 5.32 Å². The van der Waals surface area contributed by atoms with E-state index in [4.69, 9.17) is 27.6 Å². The molecule has 1 amide bonds. The van der Waals surface area contributed by atoms with Crippen LogP contribution in [0.25, 0.3) is 17.4 Å². The Morgan fingerprint density at radius 3 is 2.59 bits per heavy atom. The Balaban J connectivity index is 1.87. The third kappa shape index (κ3) is 4.82. The van der Waals surface area contributed by atoms with Crippen LogP contribution in [0.5, 0.6) is 0 Å². The summed E-state index contributed by atoms with van der Waals surface area (Å²) in [6, 6.07) is 15.5. The van der Waals surface area contributed by atoms with E-state index in [9.17, 15) is 20.2 Å². The highest BCUT2D eigenvalue weighted by Gasteiger charge is 2.19. The van der Waals surface area contributed by atoms with Crippen LogP contribution in [0.15, 0.2) is 64.6 Å². The second kappa shape index (κ2) is 8.61. The average molecular weight is 428 g/mol. The summed E-state index contributed by atoms with van der Waals surface area (Å²) in [6.07, 6.45) is 1.24. The molecule has 0 aliphatic rings. The van der Waals surface area contributed by atoms with E-state index in [0.29, 0.717) is 10.7 Å². The fraction of sp³-hybridized carbons (Fsp3) is 0. The van der Waals surface area contributed by atoms with Crippen LogP contribution in [0, 0.1) is 21.4 Å². The van der Waals surface area contributed by atoms with Gasteiger partial charge in [0.2, 0.25) is 0 Å². The number of hydrogen-bond donors (Lipinski definition) is 1. The number of nitro benzene ring substituents is 1. The lowest BCUT2D eigenvalue weighted by atomic mass is 10.1. The summed E-state index contributed by atoms with van der Waals surface area (Å²) >= 11 is 11.7. The first-order chi connectivity index (χ1) is 13.9. The van der Waals surface area contributed by atoms with Gasteiger partial charge in [-0.25, -0.2) is 0 Å². The Bertz CT molecular complexity index is 1180. The summed E-state index contributed by atoms with van der Waals surface area (Å²) in [4.78, 5) is 23.0. The molecular formula is C20H11Cl2N3O4. The molecule has 0 unspecified atom stereocenters. The second-order valence-electron chi connectivity index (χ2n) is 5.75. The maximum Gasteiger partial charge on any atom is 0.281 e. The average Bonchev–Trinajstić information content (AvgIpc) is 3.14. The molecule has 1 N–H and O–H groups in total. The predicted molar refractivity (Wildman–Crippen MR) is 109 cm³/mol. The minimum atomic E-state index is -0.648. The molecule has 29 heavy (non-hydrogen) atoms. The van der Waals surface area contributed by atoms with Crippen LogP contribution >= 0.6 is 23.2 Å². The number of halogens is 2. The number of nitro groups is 1. The van der Waals surface area contributed by atoms with Crippen LogP contribution in [-0.4, -0.2) is 10.8 Å². The number of nitriles is 1. The number of furan rings is 1. The van der Waals surface area contributed by atoms with E-state index in [1.165, 1.54) is 36.4 Å². The fourth-order valence-corrected chi connectivity index (χ4v) is 2.85. The van der Waals surface area contributed by atoms with E-state index in [0.717, 1.165) is 0 Å². The van der Waals surface area contributed by atoms with Gasteiger partial charge in [0.15, 0.2) is 0 Å². The third-order valence-corrected chi connectivity index (χ3v) is 4.25. The molecule has 1 heterocycles. The number of rotatable bonds is 5. The lowest BCUT2D eigenvalue weighted by Crippen LogP contribution is -2.13.